The zero-order valence-corrected chi connectivity index (χ0v) is 15.0. The maximum Gasteiger partial charge on any atom is 0.339 e. The van der Waals surface area contributed by atoms with Gasteiger partial charge in [0.15, 0.2) is 0 Å². The lowest BCUT2D eigenvalue weighted by Gasteiger charge is -2.62. The average Bonchev–Trinajstić information content (AvgIpc) is 2.63. The highest BCUT2D eigenvalue weighted by Crippen LogP contribution is 2.64. The van der Waals surface area contributed by atoms with Gasteiger partial charge in [-0.3, -0.25) is 0 Å². The molecule has 4 atom stereocenters. The van der Waals surface area contributed by atoms with Crippen LogP contribution < -0.4 is 0 Å². The molecule has 2 unspecified atom stereocenters. The Morgan fingerprint density at radius 1 is 0.957 bits per heavy atom. The minimum Gasteiger partial charge on any atom is -0.450 e. The van der Waals surface area contributed by atoms with Crippen LogP contribution in [0.25, 0.3) is 0 Å². The standard InChI is InChI=1S/C20H19IO2/c21-18-16-12-7-13-17(18)20(16,15-10-5-2-6-11-15)23-19(22)14-8-3-1-4-9-14/h1-6,8-11,16-18H,7,12-13H2/t16-,17+,18?,20?. The summed E-state index contributed by atoms with van der Waals surface area (Å²) >= 11 is 2.55. The summed E-state index contributed by atoms with van der Waals surface area (Å²) in [6, 6.07) is 19.7. The van der Waals surface area contributed by atoms with E-state index in [2.05, 4.69) is 34.7 Å². The summed E-state index contributed by atoms with van der Waals surface area (Å²) in [4.78, 5) is 12.7. The summed E-state index contributed by atoms with van der Waals surface area (Å²) in [5.41, 5.74) is 1.36. The van der Waals surface area contributed by atoms with Crippen molar-refractivity contribution in [2.24, 2.45) is 11.8 Å². The number of alkyl halides is 1. The van der Waals surface area contributed by atoms with Crippen LogP contribution in [-0.4, -0.2) is 9.89 Å². The van der Waals surface area contributed by atoms with E-state index in [1.165, 1.54) is 6.42 Å². The molecule has 0 spiro atoms. The molecule has 0 radical (unpaired) electrons. The minimum atomic E-state index is -0.432. The molecule has 23 heavy (non-hydrogen) atoms. The molecule has 0 amide bonds. The minimum absolute atomic E-state index is 0.199. The van der Waals surface area contributed by atoms with Crippen molar-refractivity contribution in [2.45, 2.75) is 28.8 Å². The topological polar surface area (TPSA) is 26.3 Å². The highest BCUT2D eigenvalue weighted by Gasteiger charge is 2.65. The van der Waals surface area contributed by atoms with Gasteiger partial charge in [-0.05, 0) is 30.5 Å². The molecule has 0 heterocycles. The number of hydrogen-bond donors (Lipinski definition) is 0. The molecule has 0 N–H and O–H groups in total. The highest BCUT2D eigenvalue weighted by atomic mass is 127. The summed E-state index contributed by atoms with van der Waals surface area (Å²) in [6.45, 7) is 0. The van der Waals surface area contributed by atoms with Crippen LogP contribution in [0.4, 0.5) is 0 Å². The number of hydrogen-bond acceptors (Lipinski definition) is 2. The van der Waals surface area contributed by atoms with E-state index in [4.69, 9.17) is 4.74 Å². The van der Waals surface area contributed by atoms with Crippen LogP contribution in [0.2, 0.25) is 0 Å². The molecule has 0 aromatic heterocycles. The maximum absolute atomic E-state index is 12.7. The Kier molecular flexibility index (Phi) is 3.92. The van der Waals surface area contributed by atoms with Crippen molar-refractivity contribution < 1.29 is 9.53 Å². The number of esters is 1. The van der Waals surface area contributed by atoms with Crippen molar-refractivity contribution in [3.05, 3.63) is 71.8 Å². The summed E-state index contributed by atoms with van der Waals surface area (Å²) in [7, 11) is 0. The van der Waals surface area contributed by atoms with Crippen molar-refractivity contribution in [2.75, 3.05) is 0 Å². The molecule has 2 fully saturated rings. The van der Waals surface area contributed by atoms with E-state index in [1.807, 2.05) is 48.5 Å². The van der Waals surface area contributed by atoms with Gasteiger partial charge >= 0.3 is 5.97 Å². The van der Waals surface area contributed by atoms with E-state index < -0.39 is 5.60 Å². The second kappa shape index (κ2) is 5.93. The number of carbonyl (C=O) groups is 1. The Bertz CT molecular complexity index is 686. The molecule has 2 aliphatic carbocycles. The maximum atomic E-state index is 12.7. The quantitative estimate of drug-likeness (QED) is 0.400. The molecule has 2 bridgehead atoms. The van der Waals surface area contributed by atoms with Crippen LogP contribution in [0.1, 0.15) is 35.2 Å². The van der Waals surface area contributed by atoms with Gasteiger partial charge in [-0.25, -0.2) is 4.79 Å². The van der Waals surface area contributed by atoms with Gasteiger partial charge in [0.1, 0.15) is 5.60 Å². The molecule has 2 nitrogen and oxygen atoms in total. The third kappa shape index (κ3) is 2.32. The third-order valence-electron chi connectivity index (χ3n) is 5.40. The van der Waals surface area contributed by atoms with E-state index >= 15 is 0 Å². The zero-order chi connectivity index (χ0) is 15.9. The normalized spacial score (nSPS) is 32.0. The number of ether oxygens (including phenoxy) is 1. The van der Waals surface area contributed by atoms with Gasteiger partial charge in [-0.1, -0.05) is 77.5 Å². The monoisotopic (exact) mass is 418 g/mol. The largest absolute Gasteiger partial charge is 0.450 e. The van der Waals surface area contributed by atoms with Crippen LogP contribution in [0.3, 0.4) is 0 Å². The van der Waals surface area contributed by atoms with Crippen molar-refractivity contribution in [1.29, 1.82) is 0 Å². The van der Waals surface area contributed by atoms with Crippen molar-refractivity contribution in [3.8, 4) is 0 Å². The fourth-order valence-corrected chi connectivity index (χ4v) is 6.13. The Balaban J connectivity index is 1.72. The first-order valence-electron chi connectivity index (χ1n) is 8.21. The molecule has 2 aromatic carbocycles. The molecule has 118 valence electrons. The highest BCUT2D eigenvalue weighted by molar-refractivity contribution is 14.1. The molecule has 2 aliphatic rings. The van der Waals surface area contributed by atoms with E-state index in [0.29, 0.717) is 21.3 Å². The molecule has 2 aromatic rings. The predicted molar refractivity (Wildman–Crippen MR) is 98.6 cm³/mol. The Hall–Kier alpha value is -1.36. The van der Waals surface area contributed by atoms with Gasteiger partial charge in [0, 0.05) is 15.8 Å². The Morgan fingerprint density at radius 3 is 2.09 bits per heavy atom. The third-order valence-corrected chi connectivity index (χ3v) is 7.13. The summed E-state index contributed by atoms with van der Waals surface area (Å²) in [5.74, 6) is 0.656. The van der Waals surface area contributed by atoms with Crippen molar-refractivity contribution >= 4 is 28.6 Å². The summed E-state index contributed by atoms with van der Waals surface area (Å²) < 4.78 is 6.84. The van der Waals surface area contributed by atoms with Crippen molar-refractivity contribution in [3.63, 3.8) is 0 Å². The van der Waals surface area contributed by atoms with Gasteiger partial charge in [0.25, 0.3) is 0 Å². The first-order valence-corrected chi connectivity index (χ1v) is 9.46. The molecule has 0 saturated heterocycles. The van der Waals surface area contributed by atoms with Gasteiger partial charge in [-0.2, -0.15) is 0 Å². The second-order valence-corrected chi connectivity index (χ2v) is 7.94. The molecular formula is C20H19IO2. The van der Waals surface area contributed by atoms with Gasteiger partial charge in [0.2, 0.25) is 0 Å². The summed E-state index contributed by atoms with van der Waals surface area (Å²) in [6.07, 6.45) is 3.52. The van der Waals surface area contributed by atoms with E-state index in [0.717, 1.165) is 18.4 Å². The lowest BCUT2D eigenvalue weighted by Crippen LogP contribution is -2.65. The Labute approximate surface area is 150 Å². The van der Waals surface area contributed by atoms with Crippen LogP contribution >= 0.6 is 22.6 Å². The lowest BCUT2D eigenvalue weighted by molar-refractivity contribution is -0.177. The first-order chi connectivity index (χ1) is 11.2. The first kappa shape index (κ1) is 15.2. The molecule has 3 heteroatoms. The van der Waals surface area contributed by atoms with Crippen molar-refractivity contribution in [1.82, 2.24) is 0 Å². The van der Waals surface area contributed by atoms with Crippen LogP contribution in [0.5, 0.6) is 0 Å². The van der Waals surface area contributed by atoms with Gasteiger partial charge in [-0.15, -0.1) is 0 Å². The van der Waals surface area contributed by atoms with Crippen LogP contribution in [0.15, 0.2) is 60.7 Å². The van der Waals surface area contributed by atoms with Gasteiger partial charge in [0.05, 0.1) is 5.56 Å². The number of halogens is 1. The van der Waals surface area contributed by atoms with Gasteiger partial charge < -0.3 is 4.74 Å². The molecule has 0 aliphatic heterocycles. The fraction of sp³-hybridized carbons (Fsp3) is 0.350. The molecule has 2 saturated carbocycles. The number of fused-ring (bicyclic) bond motifs is 2. The molecule has 4 rings (SSSR count). The second-order valence-electron chi connectivity index (χ2n) is 6.50. The lowest BCUT2D eigenvalue weighted by atomic mass is 9.51. The SMILES string of the molecule is O=C(OC1(c2ccccc2)[C@@H]2CCC[C@H]1C2I)c1ccccc1. The Morgan fingerprint density at radius 2 is 1.52 bits per heavy atom. The predicted octanol–water partition coefficient (Wildman–Crippen LogP) is 4.97. The van der Waals surface area contributed by atoms with E-state index in [9.17, 15) is 4.79 Å². The van der Waals surface area contributed by atoms with Crippen LogP contribution in [0, 0.1) is 11.8 Å². The van der Waals surface area contributed by atoms with Crippen LogP contribution in [-0.2, 0) is 10.3 Å². The number of rotatable bonds is 3. The van der Waals surface area contributed by atoms with E-state index in [1.54, 1.807) is 0 Å². The van der Waals surface area contributed by atoms with E-state index in [-0.39, 0.29) is 5.97 Å². The number of carbonyl (C=O) groups excluding carboxylic acids is 1. The number of benzene rings is 2. The zero-order valence-electron chi connectivity index (χ0n) is 12.8. The average molecular weight is 418 g/mol. The summed E-state index contributed by atoms with van der Waals surface area (Å²) in [5, 5.41) is 0. The smallest absolute Gasteiger partial charge is 0.339 e. The molecular weight excluding hydrogens is 399 g/mol. The fourth-order valence-electron chi connectivity index (χ4n) is 4.34.